The maximum absolute atomic E-state index is 10.7. The van der Waals surface area contributed by atoms with Crippen molar-refractivity contribution in [1.82, 2.24) is 9.97 Å². The third-order valence-electron chi connectivity index (χ3n) is 2.89. The second-order valence-corrected chi connectivity index (χ2v) is 4.04. The molecule has 1 amide bonds. The van der Waals surface area contributed by atoms with Gasteiger partial charge in [0.1, 0.15) is 18.2 Å². The molecule has 18 heavy (non-hydrogen) atoms. The highest BCUT2D eigenvalue weighted by atomic mass is 16.6. The molecule has 0 radical (unpaired) electrons. The van der Waals surface area contributed by atoms with Gasteiger partial charge in [0.25, 0.3) is 0 Å². The highest BCUT2D eigenvalue weighted by Gasteiger charge is 2.22. The average molecular weight is 252 g/mol. The highest BCUT2D eigenvalue weighted by Crippen LogP contribution is 2.21. The van der Waals surface area contributed by atoms with Crippen LogP contribution in [0.3, 0.4) is 0 Å². The van der Waals surface area contributed by atoms with E-state index in [0.717, 1.165) is 31.7 Å². The number of nitrogens with two attached hydrogens (primary N) is 1. The largest absolute Gasteiger partial charge is 0.481 e. The summed E-state index contributed by atoms with van der Waals surface area (Å²) in [6, 6.07) is 1.79. The Kier molecular flexibility index (Phi) is 3.81. The van der Waals surface area contributed by atoms with Crippen molar-refractivity contribution in [3.8, 4) is 5.88 Å². The van der Waals surface area contributed by atoms with Crippen LogP contribution in [0.1, 0.15) is 12.8 Å². The molecule has 0 aromatic carbocycles. The summed E-state index contributed by atoms with van der Waals surface area (Å²) >= 11 is 0. The third-order valence-corrected chi connectivity index (χ3v) is 2.89. The summed E-state index contributed by atoms with van der Waals surface area (Å²) < 4.78 is 10.0. The van der Waals surface area contributed by atoms with Crippen molar-refractivity contribution >= 4 is 11.9 Å². The summed E-state index contributed by atoms with van der Waals surface area (Å²) in [5.41, 5.74) is 5.00. The van der Waals surface area contributed by atoms with Gasteiger partial charge in [0.2, 0.25) is 5.88 Å². The molecule has 98 valence electrons. The van der Waals surface area contributed by atoms with E-state index in [2.05, 4.69) is 14.9 Å². The van der Waals surface area contributed by atoms with Gasteiger partial charge < -0.3 is 20.1 Å². The van der Waals surface area contributed by atoms with Crippen LogP contribution in [0.2, 0.25) is 0 Å². The number of methoxy groups -OCH3 is 1. The number of hydrogen-bond acceptors (Lipinski definition) is 6. The highest BCUT2D eigenvalue weighted by molar-refractivity contribution is 5.64. The maximum atomic E-state index is 10.7. The smallest absolute Gasteiger partial charge is 0.404 e. The normalized spacial score (nSPS) is 16.4. The molecule has 1 aromatic heterocycles. The number of anilines is 1. The average Bonchev–Trinajstić information content (AvgIpc) is 2.39. The fraction of sp³-hybridized carbons (Fsp3) is 0.545. The van der Waals surface area contributed by atoms with Crippen molar-refractivity contribution in [2.75, 3.05) is 25.1 Å². The van der Waals surface area contributed by atoms with E-state index in [1.807, 2.05) is 0 Å². The van der Waals surface area contributed by atoms with E-state index in [9.17, 15) is 4.79 Å². The van der Waals surface area contributed by atoms with E-state index >= 15 is 0 Å². The Morgan fingerprint density at radius 2 is 2.17 bits per heavy atom. The number of nitrogens with zero attached hydrogens (tertiary/aromatic N) is 3. The minimum atomic E-state index is -0.711. The molecule has 7 heteroatoms. The minimum Gasteiger partial charge on any atom is -0.481 e. The minimum absolute atomic E-state index is 0.0949. The van der Waals surface area contributed by atoms with Gasteiger partial charge in [0.05, 0.1) is 7.11 Å². The molecule has 1 aliphatic rings. The van der Waals surface area contributed by atoms with Crippen molar-refractivity contribution in [2.45, 2.75) is 18.9 Å². The van der Waals surface area contributed by atoms with Crippen LogP contribution in [0.5, 0.6) is 5.88 Å². The maximum Gasteiger partial charge on any atom is 0.404 e. The first-order chi connectivity index (χ1) is 8.69. The molecule has 0 spiro atoms. The molecule has 1 aromatic rings. The number of carbonyl (C=O) groups is 1. The molecular formula is C11H16N4O3. The standard InChI is InChI=1S/C11H16N4O3/c1-17-10-6-9(13-7-14-10)15-4-2-8(3-5-15)18-11(12)16/h6-8H,2-5H2,1H3,(H2,12,16). The molecule has 0 atom stereocenters. The Morgan fingerprint density at radius 1 is 1.44 bits per heavy atom. The lowest BCUT2D eigenvalue weighted by molar-refractivity contribution is 0.0911. The summed E-state index contributed by atoms with van der Waals surface area (Å²) in [6.45, 7) is 1.52. The molecule has 0 bridgehead atoms. The summed E-state index contributed by atoms with van der Waals surface area (Å²) in [7, 11) is 1.57. The molecule has 1 aliphatic heterocycles. The van der Waals surface area contributed by atoms with Gasteiger partial charge in [-0.3, -0.25) is 0 Å². The quantitative estimate of drug-likeness (QED) is 0.844. The van der Waals surface area contributed by atoms with Crippen LogP contribution < -0.4 is 15.4 Å². The van der Waals surface area contributed by atoms with Gasteiger partial charge >= 0.3 is 6.09 Å². The molecule has 1 saturated heterocycles. The summed E-state index contributed by atoms with van der Waals surface area (Å²) in [5, 5.41) is 0. The van der Waals surface area contributed by atoms with Gasteiger partial charge in [0, 0.05) is 32.0 Å². The van der Waals surface area contributed by atoms with Crippen molar-refractivity contribution in [2.24, 2.45) is 5.73 Å². The van der Waals surface area contributed by atoms with E-state index < -0.39 is 6.09 Å². The van der Waals surface area contributed by atoms with Gasteiger partial charge in [-0.25, -0.2) is 14.8 Å². The van der Waals surface area contributed by atoms with Crippen LogP contribution in [-0.4, -0.2) is 42.4 Å². The van der Waals surface area contributed by atoms with Crippen LogP contribution in [-0.2, 0) is 4.74 Å². The van der Waals surface area contributed by atoms with E-state index in [-0.39, 0.29) is 6.10 Å². The summed E-state index contributed by atoms with van der Waals surface area (Å²) in [4.78, 5) is 20.9. The van der Waals surface area contributed by atoms with Gasteiger partial charge in [-0.15, -0.1) is 0 Å². The van der Waals surface area contributed by atoms with Gasteiger partial charge in [-0.05, 0) is 0 Å². The van der Waals surface area contributed by atoms with Gasteiger partial charge in [-0.2, -0.15) is 0 Å². The summed E-state index contributed by atoms with van der Waals surface area (Å²) in [5.74, 6) is 1.36. The first-order valence-corrected chi connectivity index (χ1v) is 5.76. The Bertz CT molecular complexity index is 419. The number of ether oxygens (including phenoxy) is 2. The van der Waals surface area contributed by atoms with Crippen LogP contribution in [0, 0.1) is 0 Å². The monoisotopic (exact) mass is 252 g/mol. The Balaban J connectivity index is 1.94. The van der Waals surface area contributed by atoms with Crippen molar-refractivity contribution in [3.63, 3.8) is 0 Å². The topological polar surface area (TPSA) is 90.6 Å². The number of piperidine rings is 1. The fourth-order valence-electron chi connectivity index (χ4n) is 1.98. The Hall–Kier alpha value is -2.05. The number of amides is 1. The molecule has 0 saturated carbocycles. The molecule has 1 fully saturated rings. The number of carbonyl (C=O) groups excluding carboxylic acids is 1. The Morgan fingerprint density at radius 3 is 2.78 bits per heavy atom. The lowest BCUT2D eigenvalue weighted by Crippen LogP contribution is -2.39. The molecule has 0 unspecified atom stereocenters. The van der Waals surface area contributed by atoms with Gasteiger partial charge in [-0.1, -0.05) is 0 Å². The first-order valence-electron chi connectivity index (χ1n) is 5.76. The molecule has 7 nitrogen and oxygen atoms in total. The van der Waals surface area contributed by atoms with E-state index in [1.54, 1.807) is 13.2 Å². The van der Waals surface area contributed by atoms with Gasteiger partial charge in [0.15, 0.2) is 0 Å². The van der Waals surface area contributed by atoms with Crippen molar-refractivity contribution in [3.05, 3.63) is 12.4 Å². The zero-order valence-corrected chi connectivity index (χ0v) is 10.2. The van der Waals surface area contributed by atoms with Crippen molar-refractivity contribution < 1.29 is 14.3 Å². The third kappa shape index (κ3) is 2.99. The van der Waals surface area contributed by atoms with E-state index in [0.29, 0.717) is 5.88 Å². The fourth-order valence-corrected chi connectivity index (χ4v) is 1.98. The summed E-state index contributed by atoms with van der Waals surface area (Å²) in [6.07, 6.45) is 2.16. The predicted octanol–water partition coefficient (Wildman–Crippen LogP) is 0.549. The van der Waals surface area contributed by atoms with Crippen molar-refractivity contribution in [1.29, 1.82) is 0 Å². The van der Waals surface area contributed by atoms with Crippen LogP contribution in [0.25, 0.3) is 0 Å². The lowest BCUT2D eigenvalue weighted by Gasteiger charge is -2.32. The molecule has 0 aliphatic carbocycles. The Labute approximate surface area is 105 Å². The second-order valence-electron chi connectivity index (χ2n) is 4.04. The molecule has 2 N–H and O–H groups in total. The number of primary amides is 1. The number of rotatable bonds is 3. The zero-order valence-electron chi connectivity index (χ0n) is 10.2. The first kappa shape index (κ1) is 12.4. The molecule has 2 rings (SSSR count). The predicted molar refractivity (Wildman–Crippen MR) is 64.5 cm³/mol. The number of aromatic nitrogens is 2. The van der Waals surface area contributed by atoms with Crippen LogP contribution in [0.4, 0.5) is 10.6 Å². The number of hydrogen-bond donors (Lipinski definition) is 1. The molecular weight excluding hydrogens is 236 g/mol. The van der Waals surface area contributed by atoms with Crippen LogP contribution >= 0.6 is 0 Å². The van der Waals surface area contributed by atoms with E-state index in [1.165, 1.54) is 6.33 Å². The van der Waals surface area contributed by atoms with E-state index in [4.69, 9.17) is 15.2 Å². The zero-order chi connectivity index (χ0) is 13.0. The van der Waals surface area contributed by atoms with Crippen LogP contribution in [0.15, 0.2) is 12.4 Å². The SMILES string of the molecule is COc1cc(N2CCC(OC(N)=O)CC2)ncn1. The molecule has 2 heterocycles. The lowest BCUT2D eigenvalue weighted by atomic mass is 10.1. The second kappa shape index (κ2) is 5.52.